The third-order valence-corrected chi connectivity index (χ3v) is 9.15. The minimum absolute atomic E-state index is 0.0153. The molecule has 294 valence electrons. The van der Waals surface area contributed by atoms with E-state index in [-0.39, 0.29) is 33.0 Å². The van der Waals surface area contributed by atoms with Gasteiger partial charge in [-0.1, -0.05) is 6.07 Å². The molecule has 1 fully saturated rings. The van der Waals surface area contributed by atoms with Crippen LogP contribution in [0.15, 0.2) is 42.6 Å². The van der Waals surface area contributed by atoms with Crippen molar-refractivity contribution in [2.45, 2.75) is 50.1 Å². The lowest BCUT2D eigenvalue weighted by Gasteiger charge is -2.29. The molecule has 2 aliphatic rings. The van der Waals surface area contributed by atoms with Crippen LogP contribution in [0.5, 0.6) is 0 Å². The number of aromatic nitrogens is 4. The number of nitrogens with one attached hydrogen (secondary N) is 2. The molecule has 4 N–H and O–H groups in total. The van der Waals surface area contributed by atoms with Gasteiger partial charge in [0.2, 0.25) is 11.9 Å². The summed E-state index contributed by atoms with van der Waals surface area (Å²) in [7, 11) is 0. The van der Waals surface area contributed by atoms with E-state index < -0.39 is 102 Å². The molecule has 20 heteroatoms. The number of anilines is 1. The predicted octanol–water partition coefficient (Wildman–Crippen LogP) is 5.62. The normalized spacial score (nSPS) is 17.1. The van der Waals surface area contributed by atoms with Crippen LogP contribution in [0.3, 0.4) is 0 Å². The van der Waals surface area contributed by atoms with Gasteiger partial charge in [-0.2, -0.15) is 13.9 Å². The zero-order valence-corrected chi connectivity index (χ0v) is 28.7. The number of hydrogen-bond acceptors (Lipinski definition) is 8. The van der Waals surface area contributed by atoms with Gasteiger partial charge in [0, 0.05) is 56.8 Å². The summed E-state index contributed by atoms with van der Waals surface area (Å²) < 4.78 is 136. The van der Waals surface area contributed by atoms with E-state index in [4.69, 9.17) is 10.5 Å². The Labute approximate surface area is 307 Å². The summed E-state index contributed by atoms with van der Waals surface area (Å²) in [6, 6.07) is 4.27. The summed E-state index contributed by atoms with van der Waals surface area (Å²) in [4.78, 5) is 36.7. The largest absolute Gasteiger partial charge is 0.379 e. The van der Waals surface area contributed by atoms with Gasteiger partial charge in [-0.05, 0) is 41.8 Å². The van der Waals surface area contributed by atoms with Crippen molar-refractivity contribution in [3.63, 3.8) is 0 Å². The first kappa shape index (κ1) is 39.5. The lowest BCUT2D eigenvalue weighted by atomic mass is 9.89. The van der Waals surface area contributed by atoms with Crippen LogP contribution in [0.2, 0.25) is 0 Å². The molecular weight excluding hydrogens is 751 g/mol. The van der Waals surface area contributed by atoms with Gasteiger partial charge in [-0.15, -0.1) is 0 Å². The summed E-state index contributed by atoms with van der Waals surface area (Å²) in [5.41, 5.74) is 0.0166. The Morgan fingerprint density at radius 2 is 1.64 bits per heavy atom. The lowest BCUT2D eigenvalue weighted by Crippen LogP contribution is -2.39. The molecule has 3 heterocycles. The maximum absolute atomic E-state index is 15.1. The molecule has 11 nitrogen and oxygen atoms in total. The van der Waals surface area contributed by atoms with E-state index in [2.05, 4.69) is 30.6 Å². The van der Waals surface area contributed by atoms with Gasteiger partial charge in [-0.25, -0.2) is 40.7 Å². The first-order chi connectivity index (χ1) is 26.0. The first-order valence-corrected chi connectivity index (χ1v) is 16.9. The highest BCUT2D eigenvalue weighted by molar-refractivity contribution is 5.94. The number of primary amides is 1. The number of morpholine rings is 1. The zero-order valence-electron chi connectivity index (χ0n) is 28.7. The predicted molar refractivity (Wildman–Crippen MR) is 177 cm³/mol. The molecule has 1 atom stereocenters. The SMILES string of the molecule is NC(=O)c1cc(-c2cnc(NCCN3CCOCC3)nc2[C@H](Cc2cc(F)cc(F)c2)NC(=O)Cn2nc(C(F)F)c3c2C(F)(F)CCC3(F)F)ccc1F. The van der Waals surface area contributed by atoms with E-state index in [1.54, 1.807) is 0 Å². The Morgan fingerprint density at radius 3 is 2.31 bits per heavy atom. The number of ether oxygens (including phenoxy) is 1. The second-order valence-electron chi connectivity index (χ2n) is 13.0. The van der Waals surface area contributed by atoms with E-state index in [1.807, 2.05) is 0 Å². The van der Waals surface area contributed by atoms with Crippen LogP contribution in [0, 0.1) is 17.5 Å². The standard InChI is InChI=1S/C35H33F9N8O3/c36-20-11-18(12-21(37)15-20)13-25(48-26(53)17-52-30-27(29(50-52)31(39)40)34(41,42)3-4-35(30,43)44)28-23(19-1-2-24(38)22(14-19)32(45)54)16-47-33(49-28)46-5-6-51-7-9-55-10-8-51/h1-2,11-12,14-16,25,31H,3-10,13,17H2,(H2,45,54)(H,48,53)(H,46,47,49)/t25-/m0/s1. The van der Waals surface area contributed by atoms with Crippen molar-refractivity contribution in [3.05, 3.63) is 93.8 Å². The molecule has 0 saturated carbocycles. The molecule has 1 saturated heterocycles. The second-order valence-corrected chi connectivity index (χ2v) is 13.0. The number of carbonyl (C=O) groups is 2. The number of fused-ring (bicyclic) bond motifs is 1. The Morgan fingerprint density at radius 1 is 0.945 bits per heavy atom. The number of nitrogens with two attached hydrogens (primary N) is 1. The molecule has 4 aromatic rings. The second kappa shape index (κ2) is 15.9. The molecule has 6 rings (SSSR count). The van der Waals surface area contributed by atoms with Crippen molar-refractivity contribution in [1.82, 2.24) is 30.0 Å². The van der Waals surface area contributed by atoms with Crippen molar-refractivity contribution in [2.75, 3.05) is 44.7 Å². The topological polar surface area (TPSA) is 140 Å². The third kappa shape index (κ3) is 8.85. The van der Waals surface area contributed by atoms with Gasteiger partial charge in [0.15, 0.2) is 0 Å². The van der Waals surface area contributed by atoms with E-state index in [1.165, 1.54) is 12.3 Å². The minimum Gasteiger partial charge on any atom is -0.379 e. The number of alkyl halides is 6. The number of nitrogens with zero attached hydrogens (tertiary/aromatic N) is 5. The number of rotatable bonds is 13. The molecule has 0 bridgehead atoms. The highest BCUT2D eigenvalue weighted by Crippen LogP contribution is 2.52. The maximum atomic E-state index is 15.1. The first-order valence-electron chi connectivity index (χ1n) is 16.9. The fourth-order valence-electron chi connectivity index (χ4n) is 6.59. The van der Waals surface area contributed by atoms with Crippen molar-refractivity contribution < 1.29 is 53.8 Å². The van der Waals surface area contributed by atoms with Crippen LogP contribution < -0.4 is 16.4 Å². The highest BCUT2D eigenvalue weighted by atomic mass is 19.3. The molecule has 2 aromatic heterocycles. The van der Waals surface area contributed by atoms with Crippen molar-refractivity contribution >= 4 is 17.8 Å². The molecule has 55 heavy (non-hydrogen) atoms. The van der Waals surface area contributed by atoms with Gasteiger partial charge in [0.25, 0.3) is 24.2 Å². The van der Waals surface area contributed by atoms with E-state index in [0.717, 1.165) is 24.3 Å². The van der Waals surface area contributed by atoms with Crippen LogP contribution >= 0.6 is 0 Å². The van der Waals surface area contributed by atoms with Crippen LogP contribution in [-0.4, -0.2) is 75.9 Å². The summed E-state index contributed by atoms with van der Waals surface area (Å²) in [5, 5.41) is 8.83. The smallest absolute Gasteiger partial charge is 0.290 e. The Bertz CT molecular complexity index is 2050. The molecule has 2 aromatic carbocycles. The molecule has 0 spiro atoms. The number of benzene rings is 2. The monoisotopic (exact) mass is 784 g/mol. The molecule has 0 radical (unpaired) electrons. The Balaban J connectivity index is 1.41. The average molecular weight is 785 g/mol. The Hall–Kier alpha value is -5.24. The summed E-state index contributed by atoms with van der Waals surface area (Å²) >= 11 is 0. The van der Waals surface area contributed by atoms with Crippen LogP contribution in [0.4, 0.5) is 45.5 Å². The number of hydrogen-bond donors (Lipinski definition) is 3. The van der Waals surface area contributed by atoms with Crippen LogP contribution in [0.1, 0.15) is 63.9 Å². The van der Waals surface area contributed by atoms with Crippen molar-refractivity contribution in [2.24, 2.45) is 5.73 Å². The Kier molecular flexibility index (Phi) is 11.4. The van der Waals surface area contributed by atoms with Gasteiger partial charge in [0.05, 0.1) is 36.1 Å². The summed E-state index contributed by atoms with van der Waals surface area (Å²) in [5.74, 6) is -13.5. The van der Waals surface area contributed by atoms with Gasteiger partial charge in [0.1, 0.15) is 35.4 Å². The van der Waals surface area contributed by atoms with Crippen molar-refractivity contribution in [3.8, 4) is 11.1 Å². The number of halogens is 9. The molecular formula is C35H33F9N8O3. The molecule has 0 unspecified atom stereocenters. The molecule has 2 amide bonds. The zero-order chi connectivity index (χ0) is 39.7. The fourth-order valence-corrected chi connectivity index (χ4v) is 6.59. The van der Waals surface area contributed by atoms with E-state index >= 15 is 8.78 Å². The molecule has 1 aliphatic carbocycles. The summed E-state index contributed by atoms with van der Waals surface area (Å²) in [6.45, 7) is 1.98. The van der Waals surface area contributed by atoms with Gasteiger partial charge >= 0.3 is 0 Å². The van der Waals surface area contributed by atoms with Gasteiger partial charge in [-0.3, -0.25) is 19.2 Å². The lowest BCUT2D eigenvalue weighted by molar-refractivity contribution is -0.123. The highest BCUT2D eigenvalue weighted by Gasteiger charge is 2.55. The number of amides is 2. The van der Waals surface area contributed by atoms with E-state index in [9.17, 15) is 40.3 Å². The minimum atomic E-state index is -4.10. The fraction of sp³-hybridized carbons (Fsp3) is 0.400. The number of carbonyl (C=O) groups excluding carboxylic acids is 2. The van der Waals surface area contributed by atoms with Crippen molar-refractivity contribution in [1.29, 1.82) is 0 Å². The van der Waals surface area contributed by atoms with Crippen LogP contribution in [-0.2, 0) is 34.3 Å². The van der Waals surface area contributed by atoms with Gasteiger partial charge < -0.3 is 21.1 Å². The average Bonchev–Trinajstić information content (AvgIpc) is 3.52. The summed E-state index contributed by atoms with van der Waals surface area (Å²) in [6.07, 6.45) is -5.73. The van der Waals surface area contributed by atoms with E-state index in [0.29, 0.717) is 45.5 Å². The quantitative estimate of drug-likeness (QED) is 0.149. The third-order valence-electron chi connectivity index (χ3n) is 9.15. The maximum Gasteiger partial charge on any atom is 0.290 e. The molecule has 1 aliphatic heterocycles. The van der Waals surface area contributed by atoms with Crippen LogP contribution in [0.25, 0.3) is 11.1 Å².